The number of rotatable bonds is 1. The van der Waals surface area contributed by atoms with E-state index in [4.69, 9.17) is 23.2 Å². The number of halogens is 2. The molecule has 0 radical (unpaired) electrons. The number of carbonyl (C=O) groups excluding carboxylic acids is 1. The van der Waals surface area contributed by atoms with E-state index in [0.29, 0.717) is 10.8 Å². The average Bonchev–Trinajstić information content (AvgIpc) is 2.31. The van der Waals surface area contributed by atoms with Gasteiger partial charge in [0.15, 0.2) is 10.3 Å². The van der Waals surface area contributed by atoms with Crippen molar-refractivity contribution in [1.29, 1.82) is 0 Å². The maximum Gasteiger partial charge on any atom is 0.257 e. The summed E-state index contributed by atoms with van der Waals surface area (Å²) < 4.78 is 0. The summed E-state index contributed by atoms with van der Waals surface area (Å²) in [5, 5.41) is 7.96. The fraction of sp³-hybridized carbons (Fsp3) is 0.500. The highest BCUT2D eigenvalue weighted by atomic mass is 35.5. The quantitative estimate of drug-likeness (QED) is 0.797. The van der Waals surface area contributed by atoms with Crippen LogP contribution in [0.15, 0.2) is 6.07 Å². The third kappa shape index (κ3) is 3.03. The van der Waals surface area contributed by atoms with E-state index in [0.717, 1.165) is 18.8 Å². The van der Waals surface area contributed by atoms with Gasteiger partial charge in [-0.2, -0.15) is 11.8 Å². The van der Waals surface area contributed by atoms with Crippen LogP contribution in [0.5, 0.6) is 0 Å². The molecular weight excluding hydrogens is 281 g/mol. The predicted molar refractivity (Wildman–Crippen MR) is 69.9 cm³/mol. The molecule has 0 aromatic carbocycles. The minimum Gasteiger partial charge on any atom is -0.337 e. The van der Waals surface area contributed by atoms with Gasteiger partial charge in [-0.05, 0) is 6.07 Å². The van der Waals surface area contributed by atoms with E-state index in [9.17, 15) is 4.79 Å². The van der Waals surface area contributed by atoms with Crippen LogP contribution in [-0.4, -0.2) is 45.1 Å². The Morgan fingerprint density at radius 2 is 2.29 bits per heavy atom. The van der Waals surface area contributed by atoms with Crippen LogP contribution < -0.4 is 0 Å². The molecule has 1 saturated heterocycles. The van der Waals surface area contributed by atoms with Crippen LogP contribution >= 0.6 is 35.0 Å². The Hall–Kier alpha value is -0.520. The van der Waals surface area contributed by atoms with Crippen molar-refractivity contribution in [2.75, 3.05) is 18.8 Å². The smallest absolute Gasteiger partial charge is 0.257 e. The van der Waals surface area contributed by atoms with Gasteiger partial charge in [-0.3, -0.25) is 4.79 Å². The zero-order chi connectivity index (χ0) is 12.4. The van der Waals surface area contributed by atoms with Crippen molar-refractivity contribution < 1.29 is 4.79 Å². The summed E-state index contributed by atoms with van der Waals surface area (Å²) in [5.41, 5.74) is 0.325. The van der Waals surface area contributed by atoms with Crippen molar-refractivity contribution in [3.8, 4) is 0 Å². The second kappa shape index (κ2) is 5.42. The highest BCUT2D eigenvalue weighted by molar-refractivity contribution is 7.99. The molecule has 1 aromatic rings. The lowest BCUT2D eigenvalue weighted by molar-refractivity contribution is 0.0762. The molecule has 2 heterocycles. The van der Waals surface area contributed by atoms with E-state index >= 15 is 0 Å². The zero-order valence-corrected chi connectivity index (χ0v) is 11.5. The molecule has 0 N–H and O–H groups in total. The molecule has 1 aliphatic rings. The largest absolute Gasteiger partial charge is 0.337 e. The molecule has 1 unspecified atom stereocenters. The standard InChI is InChI=1S/C10H11Cl2N3OS/c1-6-5-15(2-3-17-6)10(16)7-4-8(11)13-14-9(7)12/h4,6H,2-3,5H2,1H3. The normalized spacial score (nSPS) is 20.4. The molecule has 1 aliphatic heterocycles. The van der Waals surface area contributed by atoms with Crippen LogP contribution in [0.1, 0.15) is 17.3 Å². The number of aromatic nitrogens is 2. The van der Waals surface area contributed by atoms with E-state index in [1.165, 1.54) is 6.07 Å². The molecule has 1 fully saturated rings. The lowest BCUT2D eigenvalue weighted by atomic mass is 10.2. The summed E-state index contributed by atoms with van der Waals surface area (Å²) in [4.78, 5) is 14.0. The number of hydrogen-bond acceptors (Lipinski definition) is 4. The number of amides is 1. The molecule has 0 aliphatic carbocycles. The molecule has 0 bridgehead atoms. The molecule has 1 aromatic heterocycles. The summed E-state index contributed by atoms with van der Waals surface area (Å²) in [6.07, 6.45) is 0. The fourth-order valence-corrected chi connectivity index (χ4v) is 3.01. The second-order valence-corrected chi connectivity index (χ2v) is 6.10. The molecular formula is C10H11Cl2N3OS. The Labute approximate surface area is 114 Å². The topological polar surface area (TPSA) is 46.1 Å². The molecule has 17 heavy (non-hydrogen) atoms. The number of carbonyl (C=O) groups is 1. The van der Waals surface area contributed by atoms with Gasteiger partial charge in [0.1, 0.15) is 0 Å². The maximum atomic E-state index is 12.2. The summed E-state index contributed by atoms with van der Waals surface area (Å²) >= 11 is 13.4. The van der Waals surface area contributed by atoms with Gasteiger partial charge < -0.3 is 4.90 Å². The first-order valence-corrected chi connectivity index (χ1v) is 6.98. The third-order valence-electron chi connectivity index (χ3n) is 2.48. The zero-order valence-electron chi connectivity index (χ0n) is 9.19. The fourth-order valence-electron chi connectivity index (χ4n) is 1.68. The number of thioether (sulfide) groups is 1. The van der Waals surface area contributed by atoms with Crippen molar-refractivity contribution in [2.45, 2.75) is 12.2 Å². The van der Waals surface area contributed by atoms with Crippen LogP contribution in [-0.2, 0) is 0 Å². The van der Waals surface area contributed by atoms with Crippen LogP contribution in [0.25, 0.3) is 0 Å². The molecule has 2 rings (SSSR count). The maximum absolute atomic E-state index is 12.2. The highest BCUT2D eigenvalue weighted by Crippen LogP contribution is 2.22. The number of hydrogen-bond donors (Lipinski definition) is 0. The van der Waals surface area contributed by atoms with Crippen molar-refractivity contribution in [1.82, 2.24) is 15.1 Å². The Morgan fingerprint density at radius 1 is 1.53 bits per heavy atom. The van der Waals surface area contributed by atoms with Crippen molar-refractivity contribution in [3.05, 3.63) is 21.9 Å². The number of nitrogens with zero attached hydrogens (tertiary/aromatic N) is 3. The summed E-state index contributed by atoms with van der Waals surface area (Å²) in [6.45, 7) is 3.55. The molecule has 4 nitrogen and oxygen atoms in total. The minimum absolute atomic E-state index is 0.102. The van der Waals surface area contributed by atoms with Gasteiger partial charge in [0.25, 0.3) is 5.91 Å². The van der Waals surface area contributed by atoms with Crippen LogP contribution in [0.2, 0.25) is 10.3 Å². The predicted octanol–water partition coefficient (Wildman–Crippen LogP) is 2.36. The first-order chi connectivity index (χ1) is 8.08. The second-order valence-electron chi connectivity index (χ2n) is 3.80. The lowest BCUT2D eigenvalue weighted by Gasteiger charge is -2.30. The highest BCUT2D eigenvalue weighted by Gasteiger charge is 2.24. The van der Waals surface area contributed by atoms with Gasteiger partial charge in [-0.25, -0.2) is 0 Å². The Balaban J connectivity index is 2.21. The van der Waals surface area contributed by atoms with Gasteiger partial charge in [0.2, 0.25) is 0 Å². The minimum atomic E-state index is -0.126. The van der Waals surface area contributed by atoms with E-state index in [-0.39, 0.29) is 16.2 Å². The SMILES string of the molecule is CC1CN(C(=O)c2cc(Cl)nnc2Cl)CCS1. The van der Waals surface area contributed by atoms with Gasteiger partial charge in [0, 0.05) is 24.1 Å². The molecule has 7 heteroatoms. The van der Waals surface area contributed by atoms with Crippen molar-refractivity contribution in [2.24, 2.45) is 0 Å². The monoisotopic (exact) mass is 291 g/mol. The molecule has 0 saturated carbocycles. The summed E-state index contributed by atoms with van der Waals surface area (Å²) in [5.74, 6) is 0.815. The van der Waals surface area contributed by atoms with E-state index < -0.39 is 0 Å². The van der Waals surface area contributed by atoms with Gasteiger partial charge in [-0.15, -0.1) is 10.2 Å². The first-order valence-electron chi connectivity index (χ1n) is 5.17. The van der Waals surface area contributed by atoms with Gasteiger partial charge >= 0.3 is 0 Å². The van der Waals surface area contributed by atoms with Gasteiger partial charge in [-0.1, -0.05) is 30.1 Å². The Bertz CT molecular complexity index is 444. The lowest BCUT2D eigenvalue weighted by Crippen LogP contribution is -2.41. The molecule has 1 amide bonds. The summed E-state index contributed by atoms with van der Waals surface area (Å²) in [6, 6.07) is 1.46. The summed E-state index contributed by atoms with van der Waals surface area (Å²) in [7, 11) is 0. The van der Waals surface area contributed by atoms with Gasteiger partial charge in [0.05, 0.1) is 5.56 Å². The first kappa shape index (κ1) is 12.9. The van der Waals surface area contributed by atoms with Crippen LogP contribution in [0.3, 0.4) is 0 Å². The van der Waals surface area contributed by atoms with E-state index in [1.807, 2.05) is 11.8 Å². The third-order valence-corrected chi connectivity index (χ3v) is 4.08. The molecule has 92 valence electrons. The molecule has 1 atom stereocenters. The Kier molecular flexibility index (Phi) is 4.12. The van der Waals surface area contributed by atoms with Crippen molar-refractivity contribution in [3.63, 3.8) is 0 Å². The molecule has 0 spiro atoms. The van der Waals surface area contributed by atoms with E-state index in [1.54, 1.807) is 4.90 Å². The Morgan fingerprint density at radius 3 is 3.00 bits per heavy atom. The van der Waals surface area contributed by atoms with E-state index in [2.05, 4.69) is 17.1 Å². The average molecular weight is 292 g/mol. The van der Waals surface area contributed by atoms with Crippen LogP contribution in [0, 0.1) is 0 Å². The van der Waals surface area contributed by atoms with Crippen molar-refractivity contribution >= 4 is 40.9 Å². The van der Waals surface area contributed by atoms with Crippen LogP contribution in [0.4, 0.5) is 0 Å².